The average Bonchev–Trinajstić information content (AvgIpc) is 2.67. The van der Waals surface area contributed by atoms with Gasteiger partial charge in [0.05, 0.1) is 12.1 Å². The molecule has 29 heavy (non-hydrogen) atoms. The fourth-order valence-electron chi connectivity index (χ4n) is 4.00. The van der Waals surface area contributed by atoms with Crippen LogP contribution < -0.4 is 5.84 Å². The number of cyclic esters (lactones) is 1. The van der Waals surface area contributed by atoms with Gasteiger partial charge in [0.1, 0.15) is 29.7 Å². The van der Waals surface area contributed by atoms with E-state index in [0.29, 0.717) is 12.8 Å². The molecule has 9 heteroatoms. The zero-order chi connectivity index (χ0) is 22.5. The Bertz CT molecular complexity index is 622. The number of carbonyl (C=O) groups excluding carboxylic acids is 4. The number of rotatable bonds is 3. The van der Waals surface area contributed by atoms with Crippen molar-refractivity contribution in [3.63, 3.8) is 0 Å². The number of esters is 1. The molecule has 7 atom stereocenters. The van der Waals surface area contributed by atoms with Crippen molar-refractivity contribution >= 4 is 23.9 Å². The molecule has 166 valence electrons. The van der Waals surface area contributed by atoms with Crippen molar-refractivity contribution in [2.75, 3.05) is 13.7 Å². The summed E-state index contributed by atoms with van der Waals surface area (Å²) in [7, 11) is 1.51. The lowest BCUT2D eigenvalue weighted by molar-refractivity contribution is -0.165. The van der Waals surface area contributed by atoms with Crippen molar-refractivity contribution in [2.45, 2.75) is 65.2 Å². The summed E-state index contributed by atoms with van der Waals surface area (Å²) in [6.45, 7) is 7.41. The fourth-order valence-corrected chi connectivity index (χ4v) is 4.00. The summed E-state index contributed by atoms with van der Waals surface area (Å²) in [5.74, 6) is 1.93. The quantitative estimate of drug-likeness (QED) is 0.170. The van der Waals surface area contributed by atoms with Crippen LogP contribution in [0.4, 0.5) is 0 Å². The van der Waals surface area contributed by atoms with Gasteiger partial charge in [-0.2, -0.15) is 0 Å². The molecule has 1 amide bonds. The molecule has 4 unspecified atom stereocenters. The second kappa shape index (κ2) is 10.3. The van der Waals surface area contributed by atoms with Crippen molar-refractivity contribution in [2.24, 2.45) is 29.5 Å². The summed E-state index contributed by atoms with van der Waals surface area (Å²) in [5, 5.41) is 11.6. The Kier molecular flexibility index (Phi) is 8.92. The Morgan fingerprint density at radius 2 is 1.83 bits per heavy atom. The number of amides is 1. The van der Waals surface area contributed by atoms with Crippen molar-refractivity contribution in [1.29, 1.82) is 0 Å². The number of Topliss-reactive ketones (excluding diaryl/α,β-unsaturated/α-hetero) is 2. The number of ketones is 2. The maximum atomic E-state index is 13.0. The molecule has 0 aliphatic carbocycles. The highest BCUT2D eigenvalue weighted by molar-refractivity contribution is 5.98. The number of hydrogen-bond acceptors (Lipinski definition) is 8. The van der Waals surface area contributed by atoms with Gasteiger partial charge < -0.3 is 14.6 Å². The highest BCUT2D eigenvalue weighted by atomic mass is 16.5. The Balaban J connectivity index is 3.34. The van der Waals surface area contributed by atoms with Crippen molar-refractivity contribution < 1.29 is 33.8 Å². The lowest BCUT2D eigenvalue weighted by atomic mass is 9.78. The number of carbonyl (C=O) groups is 4. The molecule has 0 aromatic rings. The third-order valence-corrected chi connectivity index (χ3v) is 5.88. The van der Waals surface area contributed by atoms with Gasteiger partial charge >= 0.3 is 5.97 Å². The zero-order valence-electron chi connectivity index (χ0n) is 18.1. The van der Waals surface area contributed by atoms with Crippen LogP contribution in [-0.2, 0) is 28.7 Å². The monoisotopic (exact) mass is 414 g/mol. The number of nitrogens with two attached hydrogens (primary N) is 1. The van der Waals surface area contributed by atoms with Gasteiger partial charge in [0.2, 0.25) is 6.41 Å². The second-order valence-corrected chi connectivity index (χ2v) is 8.43. The molecule has 0 radical (unpaired) electrons. The van der Waals surface area contributed by atoms with Gasteiger partial charge in [-0.3, -0.25) is 24.2 Å². The highest BCUT2D eigenvalue weighted by Crippen LogP contribution is 2.29. The Hall–Kier alpha value is -1.84. The number of ether oxygens (including phenoxy) is 2. The van der Waals surface area contributed by atoms with Crippen molar-refractivity contribution in [3.05, 3.63) is 0 Å². The van der Waals surface area contributed by atoms with Crippen LogP contribution in [0.25, 0.3) is 0 Å². The summed E-state index contributed by atoms with van der Waals surface area (Å²) in [6, 6.07) is -1.13. The number of nitrogens with zero attached hydrogens (tertiary/aromatic N) is 1. The Morgan fingerprint density at radius 3 is 2.34 bits per heavy atom. The minimum Gasteiger partial charge on any atom is -0.462 e. The number of hydrazine groups is 1. The van der Waals surface area contributed by atoms with Gasteiger partial charge in [-0.05, 0) is 26.2 Å². The zero-order valence-corrected chi connectivity index (χ0v) is 18.1. The molecule has 1 heterocycles. The molecular weight excluding hydrogens is 380 g/mol. The van der Waals surface area contributed by atoms with Crippen LogP contribution in [0.2, 0.25) is 0 Å². The van der Waals surface area contributed by atoms with E-state index in [9.17, 15) is 24.3 Å². The highest BCUT2D eigenvalue weighted by Gasteiger charge is 2.45. The number of aliphatic hydroxyl groups is 1. The van der Waals surface area contributed by atoms with E-state index < -0.39 is 42.0 Å². The van der Waals surface area contributed by atoms with Gasteiger partial charge in [-0.1, -0.05) is 20.8 Å². The van der Waals surface area contributed by atoms with E-state index >= 15 is 0 Å². The van der Waals surface area contributed by atoms with E-state index in [1.807, 2.05) is 6.92 Å². The third-order valence-electron chi connectivity index (χ3n) is 5.88. The third kappa shape index (κ3) is 6.07. The molecule has 0 saturated carbocycles. The van der Waals surface area contributed by atoms with Crippen molar-refractivity contribution in [1.82, 2.24) is 5.01 Å². The first kappa shape index (κ1) is 25.2. The molecule has 0 aromatic heterocycles. The van der Waals surface area contributed by atoms with Crippen LogP contribution in [0, 0.1) is 23.7 Å². The minimum absolute atomic E-state index is 0.103. The van der Waals surface area contributed by atoms with Crippen LogP contribution in [0.1, 0.15) is 47.5 Å². The molecule has 0 aromatic carbocycles. The normalized spacial score (nSPS) is 38.1. The summed E-state index contributed by atoms with van der Waals surface area (Å²) >= 11 is 0. The van der Waals surface area contributed by atoms with Crippen molar-refractivity contribution in [3.8, 4) is 0 Å². The Labute approximate surface area is 171 Å². The van der Waals surface area contributed by atoms with Gasteiger partial charge in [0, 0.05) is 25.4 Å². The van der Waals surface area contributed by atoms with Gasteiger partial charge in [0.15, 0.2) is 0 Å². The molecule has 1 aliphatic heterocycles. The van der Waals surface area contributed by atoms with E-state index in [0.717, 1.165) is 5.01 Å². The predicted molar refractivity (Wildman–Crippen MR) is 104 cm³/mol. The van der Waals surface area contributed by atoms with Gasteiger partial charge in [0.25, 0.3) is 0 Å². The maximum Gasteiger partial charge on any atom is 0.316 e. The summed E-state index contributed by atoms with van der Waals surface area (Å²) in [5.41, 5.74) is -1.80. The average molecular weight is 414 g/mol. The molecule has 9 nitrogen and oxygen atoms in total. The first-order valence-corrected chi connectivity index (χ1v) is 9.83. The molecule has 1 rings (SSSR count). The van der Waals surface area contributed by atoms with E-state index in [1.165, 1.54) is 21.0 Å². The van der Waals surface area contributed by atoms with Crippen LogP contribution >= 0.6 is 0 Å². The first-order valence-electron chi connectivity index (χ1n) is 9.83. The first-order chi connectivity index (χ1) is 13.4. The van der Waals surface area contributed by atoms with E-state index in [2.05, 4.69) is 0 Å². The van der Waals surface area contributed by atoms with Gasteiger partial charge in [-0.15, -0.1) is 0 Å². The largest absolute Gasteiger partial charge is 0.462 e. The molecule has 0 bridgehead atoms. The van der Waals surface area contributed by atoms with Crippen LogP contribution in [0.5, 0.6) is 0 Å². The van der Waals surface area contributed by atoms with E-state index in [-0.39, 0.29) is 30.0 Å². The lowest BCUT2D eigenvalue weighted by Crippen LogP contribution is -2.61. The molecule has 0 spiro atoms. The minimum atomic E-state index is -1.80. The standard InChI is InChI=1S/C20H34N2O7/c1-11-7-15(24)13(3)19(26)29-9-20(5,27)18(22(21)10-23)14(4)17(25)12(2)8-16(11)28-6/h10-14,16,18,27H,7-9,21H2,1-6H3/t11-,12-,13?,14?,16?,18?,20-/m1/s1. The molecule has 3 N–H and O–H groups in total. The summed E-state index contributed by atoms with van der Waals surface area (Å²) in [6.07, 6.45) is 0.389. The van der Waals surface area contributed by atoms with Crippen LogP contribution in [0.3, 0.4) is 0 Å². The van der Waals surface area contributed by atoms with E-state index in [4.69, 9.17) is 15.3 Å². The molecule has 1 saturated heterocycles. The fraction of sp³-hybridized carbons (Fsp3) is 0.800. The Morgan fingerprint density at radius 1 is 1.24 bits per heavy atom. The molecule has 1 aliphatic rings. The second-order valence-electron chi connectivity index (χ2n) is 8.43. The lowest BCUT2D eigenvalue weighted by Gasteiger charge is -2.40. The van der Waals surface area contributed by atoms with Crippen LogP contribution in [-0.4, -0.2) is 65.5 Å². The smallest absolute Gasteiger partial charge is 0.316 e. The van der Waals surface area contributed by atoms with E-state index in [1.54, 1.807) is 13.8 Å². The topological polar surface area (TPSA) is 136 Å². The van der Waals surface area contributed by atoms with Gasteiger partial charge in [-0.25, -0.2) is 5.84 Å². The maximum absolute atomic E-state index is 13.0. The summed E-state index contributed by atoms with van der Waals surface area (Å²) < 4.78 is 10.7. The SMILES string of the molecule is COC1C[C@@H](C)C(=O)C(C)C(N(N)C=O)[C@](C)(O)COC(=O)C(C)C(=O)C[C@H]1C. The summed E-state index contributed by atoms with van der Waals surface area (Å²) in [4.78, 5) is 49.2. The molecular formula is C20H34N2O7. The molecule has 1 fully saturated rings. The number of hydrogen-bond donors (Lipinski definition) is 2. The van der Waals surface area contributed by atoms with Crippen LogP contribution in [0.15, 0.2) is 0 Å². The number of methoxy groups -OCH3 is 1. The predicted octanol–water partition coefficient (Wildman–Crippen LogP) is 0.473.